The van der Waals surface area contributed by atoms with Crippen LogP contribution in [-0.4, -0.2) is 33.0 Å². The average Bonchev–Trinajstić information content (AvgIpc) is 3.33. The van der Waals surface area contributed by atoms with Gasteiger partial charge in [-0.05, 0) is 38.5 Å². The molecule has 3 rings (SSSR count). The maximum atomic E-state index is 12.9. The van der Waals surface area contributed by atoms with E-state index in [1.54, 1.807) is 0 Å². The largest absolute Gasteiger partial charge is 0.347 e. The summed E-state index contributed by atoms with van der Waals surface area (Å²) in [4.78, 5) is 25.9. The molecule has 2 heterocycles. The Hall–Kier alpha value is -2.64. The lowest BCUT2D eigenvalue weighted by Crippen LogP contribution is -2.48. The zero-order valence-corrected chi connectivity index (χ0v) is 20.1. The van der Waals surface area contributed by atoms with E-state index in [4.69, 9.17) is 0 Å². The van der Waals surface area contributed by atoms with Gasteiger partial charge in [-0.3, -0.25) is 9.59 Å². The van der Waals surface area contributed by atoms with Gasteiger partial charge >= 0.3 is 23.5 Å². The number of imidazole rings is 2. The van der Waals surface area contributed by atoms with E-state index in [9.17, 15) is 9.59 Å². The maximum absolute atomic E-state index is 12.9. The average molecular weight is 445 g/mol. The zero-order valence-electron chi connectivity index (χ0n) is 20.1. The molecule has 32 heavy (non-hydrogen) atoms. The highest BCUT2D eigenvalue weighted by atomic mass is 16.2. The smallest absolute Gasteiger partial charge is 0.343 e. The van der Waals surface area contributed by atoms with Gasteiger partial charge in [0.2, 0.25) is 0 Å². The molecule has 0 unspecified atom stereocenters. The van der Waals surface area contributed by atoms with Gasteiger partial charge in [0.05, 0.1) is 27.2 Å². The van der Waals surface area contributed by atoms with Crippen molar-refractivity contribution in [3.05, 3.63) is 36.4 Å². The third-order valence-electron chi connectivity index (χ3n) is 6.46. The number of nitrogens with zero attached hydrogens (tertiary/aromatic N) is 4. The standard InChI is InChI=1S/C24H38N6O2/c1-5-7-13-29-17-15-27(3)23(29)21(31)25-19-9-11-20(12-10-19)26-22(32)24-28(4)16-18-30(24)14-8-6-2/h15-20H,5-14H2,1-4H3/p+2. The van der Waals surface area contributed by atoms with Crippen LogP contribution in [0.25, 0.3) is 0 Å². The Morgan fingerprint density at radius 3 is 1.53 bits per heavy atom. The van der Waals surface area contributed by atoms with Crippen LogP contribution in [0.15, 0.2) is 24.8 Å². The Morgan fingerprint density at radius 2 is 1.19 bits per heavy atom. The van der Waals surface area contributed by atoms with Gasteiger partial charge in [0.1, 0.15) is 24.8 Å². The van der Waals surface area contributed by atoms with Crippen molar-refractivity contribution in [3.63, 3.8) is 0 Å². The molecule has 0 saturated heterocycles. The number of rotatable bonds is 10. The molecule has 0 aromatic carbocycles. The summed E-state index contributed by atoms with van der Waals surface area (Å²) in [5.74, 6) is 1.38. The number of carbonyl (C=O) groups excluding carboxylic acids is 2. The summed E-state index contributed by atoms with van der Waals surface area (Å²) in [5, 5.41) is 6.44. The fraction of sp³-hybridized carbons (Fsp3) is 0.667. The van der Waals surface area contributed by atoms with E-state index in [1.807, 2.05) is 57.2 Å². The minimum atomic E-state index is -0.0122. The second kappa shape index (κ2) is 11.3. The van der Waals surface area contributed by atoms with E-state index in [0.29, 0.717) is 11.6 Å². The summed E-state index contributed by atoms with van der Waals surface area (Å²) >= 11 is 0. The molecule has 1 saturated carbocycles. The molecule has 0 atom stereocenters. The molecule has 2 N–H and O–H groups in total. The summed E-state index contributed by atoms with van der Waals surface area (Å²) in [6.07, 6.45) is 15.6. The van der Waals surface area contributed by atoms with Crippen LogP contribution in [0.3, 0.4) is 0 Å². The normalized spacial score (nSPS) is 18.5. The number of amides is 2. The Labute approximate surface area is 191 Å². The van der Waals surface area contributed by atoms with Crippen molar-refractivity contribution in [2.75, 3.05) is 0 Å². The van der Waals surface area contributed by atoms with E-state index >= 15 is 0 Å². The van der Waals surface area contributed by atoms with Gasteiger partial charge in [0.15, 0.2) is 0 Å². The molecule has 0 aliphatic heterocycles. The molecular weight excluding hydrogens is 404 g/mol. The van der Waals surface area contributed by atoms with E-state index in [-0.39, 0.29) is 23.9 Å². The molecule has 1 aliphatic rings. The van der Waals surface area contributed by atoms with E-state index in [1.165, 1.54) is 0 Å². The first-order chi connectivity index (χ1) is 15.4. The molecule has 176 valence electrons. The number of aromatic nitrogens is 4. The van der Waals surface area contributed by atoms with Crippen molar-refractivity contribution < 1.29 is 18.7 Å². The minimum Gasteiger partial charge on any atom is -0.343 e. The summed E-state index contributed by atoms with van der Waals surface area (Å²) in [7, 11) is 3.83. The van der Waals surface area contributed by atoms with E-state index in [0.717, 1.165) is 64.5 Å². The van der Waals surface area contributed by atoms with Gasteiger partial charge in [-0.1, -0.05) is 26.7 Å². The molecule has 1 aliphatic carbocycles. The second-order valence-corrected chi connectivity index (χ2v) is 9.05. The van der Waals surface area contributed by atoms with Crippen LogP contribution >= 0.6 is 0 Å². The topological polar surface area (TPSA) is 75.8 Å². The highest BCUT2D eigenvalue weighted by Crippen LogP contribution is 2.19. The minimum absolute atomic E-state index is 0.0122. The highest BCUT2D eigenvalue weighted by Gasteiger charge is 2.30. The van der Waals surface area contributed by atoms with E-state index in [2.05, 4.69) is 24.5 Å². The zero-order chi connectivity index (χ0) is 23.1. The summed E-state index contributed by atoms with van der Waals surface area (Å²) in [5.41, 5.74) is 0. The van der Waals surface area contributed by atoms with Gasteiger partial charge in [0, 0.05) is 12.1 Å². The maximum Gasteiger partial charge on any atom is 0.347 e. The van der Waals surface area contributed by atoms with Crippen molar-refractivity contribution in [3.8, 4) is 0 Å². The van der Waals surface area contributed by atoms with Crippen LogP contribution in [0.1, 0.15) is 86.5 Å². The number of hydrogen-bond acceptors (Lipinski definition) is 2. The monoisotopic (exact) mass is 444 g/mol. The molecule has 2 aromatic rings. The Bertz CT molecular complexity index is 833. The van der Waals surface area contributed by atoms with Crippen molar-refractivity contribution in [2.45, 2.75) is 90.4 Å². The summed E-state index contributed by atoms with van der Waals surface area (Å²) < 4.78 is 7.87. The van der Waals surface area contributed by atoms with Gasteiger partial charge in [0.25, 0.3) is 0 Å². The van der Waals surface area contributed by atoms with E-state index < -0.39 is 0 Å². The van der Waals surface area contributed by atoms with Crippen molar-refractivity contribution in [1.29, 1.82) is 0 Å². The van der Waals surface area contributed by atoms with Crippen LogP contribution in [0.5, 0.6) is 0 Å². The first-order valence-electron chi connectivity index (χ1n) is 12.2. The fourth-order valence-corrected chi connectivity index (χ4v) is 4.53. The molecule has 0 radical (unpaired) electrons. The molecule has 0 spiro atoms. The summed E-state index contributed by atoms with van der Waals surface area (Å²) in [6, 6.07) is 0.296. The lowest BCUT2D eigenvalue weighted by Gasteiger charge is -2.29. The van der Waals surface area contributed by atoms with Gasteiger partial charge in [-0.2, -0.15) is 0 Å². The van der Waals surface area contributed by atoms with Crippen LogP contribution in [0.2, 0.25) is 0 Å². The third kappa shape index (κ3) is 5.78. The predicted octanol–water partition coefficient (Wildman–Crippen LogP) is 2.01. The summed E-state index contributed by atoms with van der Waals surface area (Å²) in [6.45, 7) is 6.03. The number of unbranched alkanes of at least 4 members (excludes halogenated alkanes) is 2. The Balaban J connectivity index is 1.52. The number of carbonyl (C=O) groups is 2. The molecule has 0 bridgehead atoms. The van der Waals surface area contributed by atoms with Crippen LogP contribution in [0.4, 0.5) is 0 Å². The lowest BCUT2D eigenvalue weighted by molar-refractivity contribution is -0.673. The number of nitrogens with one attached hydrogen (secondary N) is 2. The van der Waals surface area contributed by atoms with Gasteiger partial charge < -0.3 is 10.6 Å². The molecular formula is C24H40N6O2+2. The number of hydrogen-bond donors (Lipinski definition) is 2. The van der Waals surface area contributed by atoms with Crippen LogP contribution in [0, 0.1) is 0 Å². The predicted molar refractivity (Wildman–Crippen MR) is 122 cm³/mol. The first-order valence-corrected chi connectivity index (χ1v) is 12.2. The van der Waals surface area contributed by atoms with Crippen molar-refractivity contribution in [1.82, 2.24) is 19.8 Å². The van der Waals surface area contributed by atoms with Crippen LogP contribution < -0.4 is 19.8 Å². The molecule has 2 aromatic heterocycles. The van der Waals surface area contributed by atoms with Crippen molar-refractivity contribution in [2.24, 2.45) is 14.1 Å². The van der Waals surface area contributed by atoms with Gasteiger partial charge in [-0.15, -0.1) is 0 Å². The van der Waals surface area contributed by atoms with Gasteiger partial charge in [-0.25, -0.2) is 18.3 Å². The lowest BCUT2D eigenvalue weighted by atomic mass is 9.91. The molecule has 8 heteroatoms. The highest BCUT2D eigenvalue weighted by molar-refractivity contribution is 5.90. The molecule has 2 amide bonds. The number of aryl methyl sites for hydroxylation is 4. The molecule has 1 fully saturated rings. The second-order valence-electron chi connectivity index (χ2n) is 9.05. The third-order valence-corrected chi connectivity index (χ3v) is 6.46. The first kappa shape index (κ1) is 24.0. The fourth-order valence-electron chi connectivity index (χ4n) is 4.53. The molecule has 8 nitrogen and oxygen atoms in total. The SMILES string of the molecule is CCCCn1cc[n+](C)c1C(=O)NC1CCC(NC(=O)c2n(CCCC)cc[n+]2C)CC1. The Morgan fingerprint density at radius 1 is 0.812 bits per heavy atom. The Kier molecular flexibility index (Phi) is 8.47. The van der Waals surface area contributed by atoms with Crippen molar-refractivity contribution >= 4 is 11.8 Å². The van der Waals surface area contributed by atoms with Crippen LogP contribution in [-0.2, 0) is 27.2 Å². The quantitative estimate of drug-likeness (QED) is 0.550.